The molecule has 2 rings (SSSR count). The number of hydrogen-bond donors (Lipinski definition) is 2. The van der Waals surface area contributed by atoms with Gasteiger partial charge in [0.05, 0.1) is 23.3 Å². The molecule has 7 heteroatoms. The first-order valence-corrected chi connectivity index (χ1v) is 9.38. The topological polar surface area (TPSA) is 98.3 Å². The lowest BCUT2D eigenvalue weighted by atomic mass is 10.1. The van der Waals surface area contributed by atoms with Crippen LogP contribution < -0.4 is 15.7 Å². The summed E-state index contributed by atoms with van der Waals surface area (Å²) >= 11 is 1.48. The van der Waals surface area contributed by atoms with E-state index < -0.39 is 17.9 Å². The molecule has 0 aliphatic heterocycles. The first-order valence-electron chi connectivity index (χ1n) is 7.99. The van der Waals surface area contributed by atoms with Gasteiger partial charge in [0.1, 0.15) is 0 Å². The number of nitrogens with one attached hydrogen (secondary N) is 2. The number of thioether (sulfide) groups is 1. The van der Waals surface area contributed by atoms with Crippen LogP contribution in [-0.2, 0) is 4.79 Å². The largest absolute Gasteiger partial charge is 0.548 e. The highest BCUT2D eigenvalue weighted by molar-refractivity contribution is 7.98. The van der Waals surface area contributed by atoms with E-state index in [0.717, 1.165) is 0 Å². The molecule has 2 amide bonds. The fraction of sp³-hybridized carbons (Fsp3) is 0.211. The van der Waals surface area contributed by atoms with E-state index in [-0.39, 0.29) is 17.9 Å². The SMILES string of the molecule is CSCC[C@H](NC(=O)c1ccccc1NC(=O)c1ccccc1)C(=O)[O-]. The van der Waals surface area contributed by atoms with Crippen LogP contribution in [0.3, 0.4) is 0 Å². The van der Waals surface area contributed by atoms with Gasteiger partial charge in [-0.15, -0.1) is 0 Å². The molecule has 6 nitrogen and oxygen atoms in total. The smallest absolute Gasteiger partial charge is 0.255 e. The third-order valence-electron chi connectivity index (χ3n) is 3.66. The number of anilines is 1. The predicted molar refractivity (Wildman–Crippen MR) is 100 cm³/mol. The van der Waals surface area contributed by atoms with Crippen molar-refractivity contribution < 1.29 is 19.5 Å². The number of carboxylic acid groups (broad SMARTS) is 1. The monoisotopic (exact) mass is 371 g/mol. The van der Waals surface area contributed by atoms with Crippen LogP contribution in [0.25, 0.3) is 0 Å². The summed E-state index contributed by atoms with van der Waals surface area (Å²) in [5.74, 6) is -1.70. The molecule has 0 fully saturated rings. The molecule has 0 aliphatic rings. The first kappa shape index (κ1) is 19.5. The second kappa shape index (κ2) is 9.62. The normalized spacial score (nSPS) is 11.4. The van der Waals surface area contributed by atoms with E-state index in [9.17, 15) is 19.5 Å². The molecule has 136 valence electrons. The Bertz CT molecular complexity index is 780. The van der Waals surface area contributed by atoms with Crippen LogP contribution in [0.2, 0.25) is 0 Å². The standard InChI is InChI=1S/C19H20N2O4S/c1-26-12-11-16(19(24)25)21-18(23)14-9-5-6-10-15(14)20-17(22)13-7-3-2-4-8-13/h2-10,16H,11-12H2,1H3,(H,20,22)(H,21,23)(H,24,25)/p-1/t16-/m0/s1. The number of hydrogen-bond acceptors (Lipinski definition) is 5. The number of carbonyl (C=O) groups is 3. The van der Waals surface area contributed by atoms with Gasteiger partial charge in [-0.3, -0.25) is 9.59 Å². The van der Waals surface area contributed by atoms with Gasteiger partial charge in [0, 0.05) is 5.56 Å². The fourth-order valence-electron chi connectivity index (χ4n) is 2.29. The molecule has 0 spiro atoms. The highest BCUT2D eigenvalue weighted by Gasteiger charge is 2.18. The lowest BCUT2D eigenvalue weighted by Gasteiger charge is -2.20. The minimum atomic E-state index is -1.33. The van der Waals surface area contributed by atoms with Crippen molar-refractivity contribution in [1.29, 1.82) is 0 Å². The quantitative estimate of drug-likeness (QED) is 0.733. The Balaban J connectivity index is 2.15. The maximum atomic E-state index is 12.5. The lowest BCUT2D eigenvalue weighted by Crippen LogP contribution is -2.48. The number of rotatable bonds is 8. The van der Waals surface area contributed by atoms with Crippen molar-refractivity contribution in [3.8, 4) is 0 Å². The average Bonchev–Trinajstić information content (AvgIpc) is 2.65. The van der Waals surface area contributed by atoms with Gasteiger partial charge in [0.15, 0.2) is 0 Å². The van der Waals surface area contributed by atoms with Crippen LogP contribution >= 0.6 is 11.8 Å². The van der Waals surface area contributed by atoms with Crippen molar-refractivity contribution >= 4 is 35.2 Å². The summed E-state index contributed by atoms with van der Waals surface area (Å²) in [6.45, 7) is 0. The fourth-order valence-corrected chi connectivity index (χ4v) is 2.77. The number of aliphatic carboxylic acids is 1. The third-order valence-corrected chi connectivity index (χ3v) is 4.30. The van der Waals surface area contributed by atoms with Crippen LogP contribution in [0, 0.1) is 0 Å². The molecule has 0 bridgehead atoms. The molecule has 0 heterocycles. The average molecular weight is 371 g/mol. The second-order valence-electron chi connectivity index (χ2n) is 5.49. The molecule has 0 saturated heterocycles. The van der Waals surface area contributed by atoms with Gasteiger partial charge in [-0.1, -0.05) is 30.3 Å². The van der Waals surface area contributed by atoms with Crippen molar-refractivity contribution in [3.05, 3.63) is 65.7 Å². The van der Waals surface area contributed by atoms with Gasteiger partial charge in [0.25, 0.3) is 11.8 Å². The molecule has 0 aliphatic carbocycles. The van der Waals surface area contributed by atoms with Crippen LogP contribution in [0.5, 0.6) is 0 Å². The molecular formula is C19H19N2O4S-. The van der Waals surface area contributed by atoms with Gasteiger partial charge >= 0.3 is 0 Å². The van der Waals surface area contributed by atoms with Crippen molar-refractivity contribution in [2.75, 3.05) is 17.3 Å². The second-order valence-corrected chi connectivity index (χ2v) is 6.48. The molecule has 2 aromatic carbocycles. The van der Waals surface area contributed by atoms with E-state index in [1.54, 1.807) is 48.5 Å². The minimum Gasteiger partial charge on any atom is -0.548 e. The van der Waals surface area contributed by atoms with E-state index >= 15 is 0 Å². The van der Waals surface area contributed by atoms with Crippen LogP contribution in [0.1, 0.15) is 27.1 Å². The minimum absolute atomic E-state index is 0.187. The van der Waals surface area contributed by atoms with E-state index in [0.29, 0.717) is 17.0 Å². The van der Waals surface area contributed by atoms with E-state index in [4.69, 9.17) is 0 Å². The Labute approximate surface area is 156 Å². The molecule has 26 heavy (non-hydrogen) atoms. The molecular weight excluding hydrogens is 352 g/mol. The van der Waals surface area contributed by atoms with Crippen molar-refractivity contribution in [2.24, 2.45) is 0 Å². The summed E-state index contributed by atoms with van der Waals surface area (Å²) in [5, 5.41) is 16.4. The van der Waals surface area contributed by atoms with Gasteiger partial charge in [-0.2, -0.15) is 11.8 Å². The van der Waals surface area contributed by atoms with Crippen LogP contribution in [0.4, 0.5) is 5.69 Å². The van der Waals surface area contributed by atoms with Gasteiger partial charge in [-0.05, 0) is 42.7 Å². The number of amides is 2. The Morgan fingerprint density at radius 2 is 1.65 bits per heavy atom. The van der Waals surface area contributed by atoms with E-state index in [2.05, 4.69) is 10.6 Å². The highest BCUT2D eigenvalue weighted by Crippen LogP contribution is 2.17. The molecule has 0 aromatic heterocycles. The number of carbonyl (C=O) groups excluding carboxylic acids is 3. The number of carboxylic acids is 1. The lowest BCUT2D eigenvalue weighted by molar-refractivity contribution is -0.308. The summed E-state index contributed by atoms with van der Waals surface area (Å²) in [6.07, 6.45) is 2.11. The van der Waals surface area contributed by atoms with Gasteiger partial charge < -0.3 is 20.5 Å². The molecule has 2 N–H and O–H groups in total. The molecule has 2 aromatic rings. The molecule has 0 radical (unpaired) electrons. The van der Waals surface area contributed by atoms with Gasteiger partial charge in [0.2, 0.25) is 0 Å². The predicted octanol–water partition coefficient (Wildman–Crippen LogP) is 1.54. The maximum Gasteiger partial charge on any atom is 0.255 e. The van der Waals surface area contributed by atoms with E-state index in [1.807, 2.05) is 6.26 Å². The maximum absolute atomic E-state index is 12.5. The summed E-state index contributed by atoms with van der Waals surface area (Å²) in [6, 6.07) is 13.9. The zero-order chi connectivity index (χ0) is 18.9. The summed E-state index contributed by atoms with van der Waals surface area (Å²) in [4.78, 5) is 36.0. The first-order chi connectivity index (χ1) is 12.5. The summed E-state index contributed by atoms with van der Waals surface area (Å²) in [5.41, 5.74) is 0.947. The van der Waals surface area contributed by atoms with Crippen LogP contribution in [-0.4, -0.2) is 35.8 Å². The molecule has 1 atom stereocenters. The summed E-state index contributed by atoms with van der Waals surface area (Å²) in [7, 11) is 0. The van der Waals surface area contributed by atoms with Gasteiger partial charge in [-0.25, -0.2) is 0 Å². The number of benzene rings is 2. The molecule has 0 saturated carbocycles. The van der Waals surface area contributed by atoms with Crippen LogP contribution in [0.15, 0.2) is 54.6 Å². The van der Waals surface area contributed by atoms with Crippen molar-refractivity contribution in [2.45, 2.75) is 12.5 Å². The summed E-state index contributed by atoms with van der Waals surface area (Å²) < 4.78 is 0. The zero-order valence-corrected chi connectivity index (χ0v) is 15.0. The Morgan fingerprint density at radius 3 is 2.31 bits per heavy atom. The van der Waals surface area contributed by atoms with Crippen molar-refractivity contribution in [1.82, 2.24) is 5.32 Å². The third kappa shape index (κ3) is 5.35. The Morgan fingerprint density at radius 1 is 1.00 bits per heavy atom. The zero-order valence-electron chi connectivity index (χ0n) is 14.2. The van der Waals surface area contributed by atoms with E-state index in [1.165, 1.54) is 17.8 Å². The molecule has 0 unspecified atom stereocenters. The van der Waals surface area contributed by atoms with Crippen molar-refractivity contribution in [3.63, 3.8) is 0 Å². The highest BCUT2D eigenvalue weighted by atomic mass is 32.2. The number of para-hydroxylation sites is 1. The Kier molecular flexibility index (Phi) is 7.23. The Hall–Kier alpha value is -2.80.